The van der Waals surface area contributed by atoms with Crippen LogP contribution in [0.4, 0.5) is 0 Å². The molecule has 1 aromatic rings. The molecule has 0 fully saturated rings. The van der Waals surface area contributed by atoms with Gasteiger partial charge in [0.15, 0.2) is 24.7 Å². The molecule has 0 aliphatic heterocycles. The van der Waals surface area contributed by atoms with Crippen molar-refractivity contribution in [3.8, 4) is 17.6 Å². The third kappa shape index (κ3) is 6.09. The molecule has 0 aromatic heterocycles. The molecule has 1 amide bonds. The van der Waals surface area contributed by atoms with Crippen molar-refractivity contribution in [1.29, 1.82) is 5.26 Å². The van der Waals surface area contributed by atoms with Crippen LogP contribution in [0.15, 0.2) is 24.3 Å². The lowest BCUT2D eigenvalue weighted by atomic mass is 10.2. The Balaban J connectivity index is 2.67. The SMILES string of the molecule is COc1cc(/C=C/C(=O)OCC(=O)N(C)C)ccc1OCC#N. The third-order valence-electron chi connectivity index (χ3n) is 2.73. The number of methoxy groups -OCH3 is 1. The van der Waals surface area contributed by atoms with Gasteiger partial charge in [0.2, 0.25) is 0 Å². The molecule has 0 saturated carbocycles. The zero-order valence-electron chi connectivity index (χ0n) is 13.2. The highest BCUT2D eigenvalue weighted by molar-refractivity contribution is 5.89. The van der Waals surface area contributed by atoms with E-state index >= 15 is 0 Å². The molecule has 0 unspecified atom stereocenters. The maximum absolute atomic E-state index is 11.5. The molecule has 122 valence electrons. The molecule has 0 N–H and O–H groups in total. The number of nitrogens with zero attached hydrogens (tertiary/aromatic N) is 2. The number of benzene rings is 1. The highest BCUT2D eigenvalue weighted by Crippen LogP contribution is 2.28. The number of carbonyl (C=O) groups excluding carboxylic acids is 2. The summed E-state index contributed by atoms with van der Waals surface area (Å²) in [5.41, 5.74) is 0.682. The van der Waals surface area contributed by atoms with Crippen LogP contribution in [0.1, 0.15) is 5.56 Å². The lowest BCUT2D eigenvalue weighted by Crippen LogP contribution is -2.27. The molecular weight excluding hydrogens is 300 g/mol. The lowest BCUT2D eigenvalue weighted by molar-refractivity contribution is -0.146. The first-order chi connectivity index (χ1) is 11.0. The van der Waals surface area contributed by atoms with Gasteiger partial charge in [-0.15, -0.1) is 0 Å². The van der Waals surface area contributed by atoms with Crippen molar-refractivity contribution in [2.45, 2.75) is 0 Å². The van der Waals surface area contributed by atoms with Crippen LogP contribution in [-0.2, 0) is 14.3 Å². The molecule has 0 aliphatic carbocycles. The fourth-order valence-electron chi connectivity index (χ4n) is 1.49. The lowest BCUT2D eigenvalue weighted by Gasteiger charge is -2.09. The van der Waals surface area contributed by atoms with Gasteiger partial charge in [-0.2, -0.15) is 5.26 Å². The van der Waals surface area contributed by atoms with Crippen molar-refractivity contribution in [1.82, 2.24) is 4.90 Å². The summed E-state index contributed by atoms with van der Waals surface area (Å²) < 4.78 is 15.2. The molecule has 0 heterocycles. The van der Waals surface area contributed by atoms with Crippen LogP contribution >= 0.6 is 0 Å². The van der Waals surface area contributed by atoms with E-state index in [1.54, 1.807) is 32.3 Å². The van der Waals surface area contributed by atoms with Gasteiger partial charge in [0, 0.05) is 20.2 Å². The molecule has 23 heavy (non-hydrogen) atoms. The van der Waals surface area contributed by atoms with Crippen LogP contribution < -0.4 is 9.47 Å². The van der Waals surface area contributed by atoms with Crippen LogP contribution in [0.25, 0.3) is 6.08 Å². The van der Waals surface area contributed by atoms with Crippen molar-refractivity contribution in [3.63, 3.8) is 0 Å². The first-order valence-electron chi connectivity index (χ1n) is 6.70. The van der Waals surface area contributed by atoms with E-state index in [0.29, 0.717) is 17.1 Å². The minimum atomic E-state index is -0.621. The van der Waals surface area contributed by atoms with E-state index in [1.165, 1.54) is 24.2 Å². The standard InChI is InChI=1S/C16H18N2O5/c1-18(2)15(19)11-23-16(20)7-5-12-4-6-13(22-9-8-17)14(10-12)21-3/h4-7,10H,9,11H2,1-3H3/b7-5+. The van der Waals surface area contributed by atoms with Crippen LogP contribution in [0.5, 0.6) is 11.5 Å². The Labute approximate surface area is 134 Å². The van der Waals surface area contributed by atoms with E-state index in [1.807, 2.05) is 6.07 Å². The van der Waals surface area contributed by atoms with E-state index < -0.39 is 5.97 Å². The van der Waals surface area contributed by atoms with Crippen molar-refractivity contribution < 1.29 is 23.8 Å². The number of hydrogen-bond donors (Lipinski definition) is 0. The molecule has 0 spiro atoms. The summed E-state index contributed by atoms with van der Waals surface area (Å²) in [6.45, 7) is -0.391. The van der Waals surface area contributed by atoms with E-state index in [-0.39, 0.29) is 19.1 Å². The average molecular weight is 318 g/mol. The van der Waals surface area contributed by atoms with Crippen molar-refractivity contribution in [2.24, 2.45) is 0 Å². The summed E-state index contributed by atoms with van der Waals surface area (Å²) in [5.74, 6) is -0.0414. The third-order valence-corrected chi connectivity index (χ3v) is 2.73. The second kappa shape index (κ2) is 9.10. The number of nitriles is 1. The largest absolute Gasteiger partial charge is 0.493 e. The number of carbonyl (C=O) groups is 2. The van der Waals surface area contributed by atoms with Gasteiger partial charge in [0.05, 0.1) is 7.11 Å². The molecule has 0 aliphatic rings. The van der Waals surface area contributed by atoms with Crippen molar-refractivity contribution in [2.75, 3.05) is 34.4 Å². The van der Waals surface area contributed by atoms with E-state index in [4.69, 9.17) is 19.5 Å². The number of esters is 1. The van der Waals surface area contributed by atoms with Gasteiger partial charge in [0.25, 0.3) is 5.91 Å². The van der Waals surface area contributed by atoms with Crippen LogP contribution in [-0.4, -0.2) is 51.2 Å². The number of hydrogen-bond acceptors (Lipinski definition) is 6. The van der Waals surface area contributed by atoms with Gasteiger partial charge in [-0.1, -0.05) is 6.07 Å². The first kappa shape index (κ1) is 18.0. The highest BCUT2D eigenvalue weighted by Gasteiger charge is 2.07. The summed E-state index contributed by atoms with van der Waals surface area (Å²) in [4.78, 5) is 24.2. The average Bonchev–Trinajstić information content (AvgIpc) is 2.55. The van der Waals surface area contributed by atoms with Gasteiger partial charge >= 0.3 is 5.97 Å². The molecule has 0 saturated heterocycles. The number of rotatable bonds is 7. The van der Waals surface area contributed by atoms with Gasteiger partial charge < -0.3 is 19.1 Å². The molecule has 0 bridgehead atoms. The smallest absolute Gasteiger partial charge is 0.331 e. The Morgan fingerprint density at radius 1 is 1.30 bits per heavy atom. The predicted octanol–water partition coefficient (Wildman–Crippen LogP) is 1.24. The first-order valence-corrected chi connectivity index (χ1v) is 6.70. The summed E-state index contributed by atoms with van der Waals surface area (Å²) in [6.07, 6.45) is 2.74. The fourth-order valence-corrected chi connectivity index (χ4v) is 1.49. The summed E-state index contributed by atoms with van der Waals surface area (Å²) in [7, 11) is 4.63. The van der Waals surface area contributed by atoms with E-state index in [9.17, 15) is 9.59 Å². The van der Waals surface area contributed by atoms with E-state index in [2.05, 4.69) is 0 Å². The molecule has 7 heteroatoms. The van der Waals surface area contributed by atoms with E-state index in [0.717, 1.165) is 0 Å². The minimum absolute atomic E-state index is 0.0855. The number of likely N-dealkylation sites (N-methyl/N-ethyl adjacent to an activating group) is 1. The Morgan fingerprint density at radius 3 is 2.65 bits per heavy atom. The van der Waals surface area contributed by atoms with Crippen molar-refractivity contribution in [3.05, 3.63) is 29.8 Å². The van der Waals surface area contributed by atoms with Crippen molar-refractivity contribution >= 4 is 18.0 Å². The number of amides is 1. The second-order valence-electron chi connectivity index (χ2n) is 4.59. The maximum atomic E-state index is 11.5. The van der Waals surface area contributed by atoms with Crippen LogP contribution in [0.3, 0.4) is 0 Å². The van der Waals surface area contributed by atoms with Gasteiger partial charge in [-0.25, -0.2) is 4.79 Å². The molecule has 1 rings (SSSR count). The van der Waals surface area contributed by atoms with Crippen LogP contribution in [0, 0.1) is 11.3 Å². The monoisotopic (exact) mass is 318 g/mol. The highest BCUT2D eigenvalue weighted by atomic mass is 16.5. The molecule has 0 radical (unpaired) electrons. The molecule has 1 aromatic carbocycles. The normalized spacial score (nSPS) is 10.0. The molecular formula is C16H18N2O5. The Morgan fingerprint density at radius 2 is 2.04 bits per heavy atom. The zero-order valence-corrected chi connectivity index (χ0v) is 13.2. The minimum Gasteiger partial charge on any atom is -0.493 e. The predicted molar refractivity (Wildman–Crippen MR) is 82.8 cm³/mol. The summed E-state index contributed by atoms with van der Waals surface area (Å²) in [5, 5.41) is 8.51. The van der Waals surface area contributed by atoms with Crippen LogP contribution in [0.2, 0.25) is 0 Å². The Kier molecular flexibility index (Phi) is 7.14. The molecule has 7 nitrogen and oxygen atoms in total. The second-order valence-corrected chi connectivity index (χ2v) is 4.59. The van der Waals surface area contributed by atoms with Gasteiger partial charge in [-0.3, -0.25) is 4.79 Å². The number of ether oxygens (including phenoxy) is 3. The Bertz CT molecular complexity index is 632. The maximum Gasteiger partial charge on any atom is 0.331 e. The Hall–Kier alpha value is -3.01. The zero-order chi connectivity index (χ0) is 17.2. The molecule has 0 atom stereocenters. The quantitative estimate of drug-likeness (QED) is 0.555. The van der Waals surface area contributed by atoms with Gasteiger partial charge in [-0.05, 0) is 23.8 Å². The fraction of sp³-hybridized carbons (Fsp3) is 0.312. The van der Waals surface area contributed by atoms with Gasteiger partial charge in [0.1, 0.15) is 6.07 Å². The topological polar surface area (TPSA) is 88.9 Å². The summed E-state index contributed by atoms with van der Waals surface area (Å²) in [6, 6.07) is 6.86. The summed E-state index contributed by atoms with van der Waals surface area (Å²) >= 11 is 0.